The second kappa shape index (κ2) is 5.37. The van der Waals surface area contributed by atoms with Crippen molar-refractivity contribution in [1.29, 1.82) is 0 Å². The highest BCUT2D eigenvalue weighted by Gasteiger charge is 2.23. The molecule has 1 aliphatic rings. The van der Waals surface area contributed by atoms with Gasteiger partial charge in [-0.2, -0.15) is 0 Å². The number of hydrogen-bond donors (Lipinski definition) is 0. The first-order valence-corrected chi connectivity index (χ1v) is 7.91. The molecule has 21 heavy (non-hydrogen) atoms. The Kier molecular flexibility index (Phi) is 3.23. The Balaban J connectivity index is 1.46. The van der Waals surface area contributed by atoms with Crippen molar-refractivity contribution in [3.8, 4) is 5.19 Å². The van der Waals surface area contributed by atoms with Gasteiger partial charge in [0.25, 0.3) is 5.19 Å². The van der Waals surface area contributed by atoms with Gasteiger partial charge >= 0.3 is 0 Å². The average Bonchev–Trinajstić information content (AvgIpc) is 3.18. The van der Waals surface area contributed by atoms with Crippen LogP contribution in [0, 0.1) is 0 Å². The second-order valence-electron chi connectivity index (χ2n) is 5.07. The molecule has 1 saturated heterocycles. The number of rotatable bonds is 3. The van der Waals surface area contributed by atoms with E-state index in [9.17, 15) is 0 Å². The van der Waals surface area contributed by atoms with E-state index in [2.05, 4.69) is 14.9 Å². The summed E-state index contributed by atoms with van der Waals surface area (Å²) in [5.74, 6) is 1.01. The summed E-state index contributed by atoms with van der Waals surface area (Å²) in [6, 6.07) is 3.88. The van der Waals surface area contributed by atoms with Crippen LogP contribution in [0.2, 0.25) is 0 Å². The van der Waals surface area contributed by atoms with E-state index in [0.717, 1.165) is 47.9 Å². The Hall–Kier alpha value is -2.08. The Morgan fingerprint density at radius 1 is 1.19 bits per heavy atom. The van der Waals surface area contributed by atoms with Crippen molar-refractivity contribution in [3.63, 3.8) is 0 Å². The van der Waals surface area contributed by atoms with E-state index in [0.29, 0.717) is 0 Å². The number of hydrogen-bond acceptors (Lipinski definition) is 6. The minimum Gasteiger partial charge on any atom is -0.467 e. The maximum atomic E-state index is 5.89. The Bertz CT molecular complexity index is 717. The van der Waals surface area contributed by atoms with Gasteiger partial charge in [0.15, 0.2) is 0 Å². The van der Waals surface area contributed by atoms with Gasteiger partial charge in [0.05, 0.1) is 11.6 Å². The molecular weight excluding hydrogens is 286 g/mol. The lowest BCUT2D eigenvalue weighted by molar-refractivity contribution is 0.170. The van der Waals surface area contributed by atoms with Gasteiger partial charge in [-0.15, -0.1) is 0 Å². The number of anilines is 1. The van der Waals surface area contributed by atoms with Gasteiger partial charge in [-0.3, -0.25) is 0 Å². The molecule has 0 radical (unpaired) electrons. The normalized spacial score (nSPS) is 16.5. The molecule has 0 unspecified atom stereocenters. The quantitative estimate of drug-likeness (QED) is 0.742. The summed E-state index contributed by atoms with van der Waals surface area (Å²) >= 11 is 1.55. The first kappa shape index (κ1) is 12.6. The Morgan fingerprint density at radius 2 is 2.10 bits per heavy atom. The molecule has 4 rings (SSSR count). The standard InChI is InChI=1S/C15H15N3O2S/c1-5-16-14(12-4-9-19-13(1)12)18-7-2-11(3-8-18)20-15-17-6-10-21-15/h1,4-6,9-11H,2-3,7-8H2. The average molecular weight is 301 g/mol. The molecule has 0 bridgehead atoms. The molecule has 6 heteroatoms. The van der Waals surface area contributed by atoms with Crippen molar-refractivity contribution in [2.75, 3.05) is 18.0 Å². The van der Waals surface area contributed by atoms with Gasteiger partial charge < -0.3 is 14.1 Å². The first-order chi connectivity index (χ1) is 10.4. The summed E-state index contributed by atoms with van der Waals surface area (Å²) in [6.07, 6.45) is 7.51. The fourth-order valence-corrected chi connectivity index (χ4v) is 3.28. The lowest BCUT2D eigenvalue weighted by Gasteiger charge is -2.32. The van der Waals surface area contributed by atoms with Crippen LogP contribution in [-0.2, 0) is 0 Å². The van der Waals surface area contributed by atoms with Crippen LogP contribution in [0.5, 0.6) is 5.19 Å². The van der Waals surface area contributed by atoms with E-state index in [-0.39, 0.29) is 6.10 Å². The number of nitrogens with zero attached hydrogens (tertiary/aromatic N) is 3. The van der Waals surface area contributed by atoms with Gasteiger partial charge in [0, 0.05) is 43.7 Å². The highest BCUT2D eigenvalue weighted by molar-refractivity contribution is 7.11. The van der Waals surface area contributed by atoms with Gasteiger partial charge in [0.2, 0.25) is 0 Å². The van der Waals surface area contributed by atoms with Gasteiger partial charge in [-0.05, 0) is 12.1 Å². The molecule has 0 N–H and O–H groups in total. The molecule has 3 aromatic rings. The maximum Gasteiger partial charge on any atom is 0.273 e. The molecular formula is C15H15N3O2S. The molecule has 1 fully saturated rings. The fraction of sp³-hybridized carbons (Fsp3) is 0.333. The molecule has 0 amide bonds. The summed E-state index contributed by atoms with van der Waals surface area (Å²) in [5, 5.41) is 3.79. The summed E-state index contributed by atoms with van der Waals surface area (Å²) in [7, 11) is 0. The number of piperidine rings is 1. The zero-order chi connectivity index (χ0) is 14.1. The van der Waals surface area contributed by atoms with Gasteiger partial charge in [0.1, 0.15) is 17.5 Å². The molecule has 0 aromatic carbocycles. The lowest BCUT2D eigenvalue weighted by Crippen LogP contribution is -2.38. The van der Waals surface area contributed by atoms with Crippen molar-refractivity contribution in [2.45, 2.75) is 18.9 Å². The van der Waals surface area contributed by atoms with Gasteiger partial charge in [-0.25, -0.2) is 9.97 Å². The minimum atomic E-state index is 0.246. The van der Waals surface area contributed by atoms with Crippen LogP contribution in [0.1, 0.15) is 12.8 Å². The molecule has 4 heterocycles. The summed E-state index contributed by atoms with van der Waals surface area (Å²) in [5.41, 5.74) is 0.890. The second-order valence-corrected chi connectivity index (χ2v) is 5.93. The monoisotopic (exact) mass is 301 g/mol. The van der Waals surface area contributed by atoms with Crippen molar-refractivity contribution >= 4 is 28.1 Å². The highest BCUT2D eigenvalue weighted by atomic mass is 32.1. The molecule has 0 spiro atoms. The smallest absolute Gasteiger partial charge is 0.273 e. The lowest BCUT2D eigenvalue weighted by atomic mass is 10.1. The minimum absolute atomic E-state index is 0.246. The van der Waals surface area contributed by atoms with Crippen LogP contribution in [-0.4, -0.2) is 29.2 Å². The maximum absolute atomic E-state index is 5.89. The van der Waals surface area contributed by atoms with E-state index in [1.165, 1.54) is 0 Å². The van der Waals surface area contributed by atoms with Gasteiger partial charge in [-0.1, -0.05) is 11.3 Å². The summed E-state index contributed by atoms with van der Waals surface area (Å²) in [4.78, 5) is 11.0. The van der Waals surface area contributed by atoms with Crippen molar-refractivity contribution in [1.82, 2.24) is 9.97 Å². The third-order valence-corrected chi connectivity index (χ3v) is 4.44. The van der Waals surface area contributed by atoms with E-state index in [1.807, 2.05) is 17.5 Å². The van der Waals surface area contributed by atoms with Crippen LogP contribution in [0.15, 0.2) is 40.6 Å². The summed E-state index contributed by atoms with van der Waals surface area (Å²) in [6.45, 7) is 1.88. The number of ether oxygens (including phenoxy) is 1. The highest BCUT2D eigenvalue weighted by Crippen LogP contribution is 2.28. The molecule has 5 nitrogen and oxygen atoms in total. The predicted molar refractivity (Wildman–Crippen MR) is 82.0 cm³/mol. The van der Waals surface area contributed by atoms with Crippen molar-refractivity contribution in [2.24, 2.45) is 0 Å². The molecule has 0 saturated carbocycles. The zero-order valence-electron chi connectivity index (χ0n) is 11.4. The third-order valence-electron chi connectivity index (χ3n) is 3.78. The Morgan fingerprint density at radius 3 is 2.90 bits per heavy atom. The molecule has 108 valence electrons. The number of aromatic nitrogens is 2. The van der Waals surface area contributed by atoms with Crippen LogP contribution < -0.4 is 9.64 Å². The van der Waals surface area contributed by atoms with Crippen LogP contribution >= 0.6 is 11.3 Å². The zero-order valence-corrected chi connectivity index (χ0v) is 12.3. The van der Waals surface area contributed by atoms with Crippen LogP contribution in [0.4, 0.5) is 5.82 Å². The van der Waals surface area contributed by atoms with Crippen molar-refractivity contribution in [3.05, 3.63) is 36.2 Å². The van der Waals surface area contributed by atoms with E-state index in [4.69, 9.17) is 9.15 Å². The van der Waals surface area contributed by atoms with Crippen LogP contribution in [0.3, 0.4) is 0 Å². The van der Waals surface area contributed by atoms with E-state index >= 15 is 0 Å². The Labute approximate surface area is 126 Å². The predicted octanol–water partition coefficient (Wildman–Crippen LogP) is 3.33. The molecule has 0 atom stereocenters. The largest absolute Gasteiger partial charge is 0.467 e. The van der Waals surface area contributed by atoms with Crippen LogP contribution in [0.25, 0.3) is 11.0 Å². The van der Waals surface area contributed by atoms with E-state index in [1.54, 1.807) is 30.0 Å². The number of pyridine rings is 1. The molecule has 1 aliphatic heterocycles. The molecule has 3 aromatic heterocycles. The topological polar surface area (TPSA) is 51.4 Å². The number of thiazole rings is 1. The molecule has 0 aliphatic carbocycles. The first-order valence-electron chi connectivity index (χ1n) is 7.03. The number of furan rings is 1. The third kappa shape index (κ3) is 2.47. The SMILES string of the molecule is c1csc(OC2CCN(c3nccc4occc34)CC2)n1. The summed E-state index contributed by atoms with van der Waals surface area (Å²) < 4.78 is 11.3. The number of fused-ring (bicyclic) bond motifs is 1. The van der Waals surface area contributed by atoms with E-state index < -0.39 is 0 Å². The van der Waals surface area contributed by atoms with Crippen molar-refractivity contribution < 1.29 is 9.15 Å². The fourth-order valence-electron chi connectivity index (χ4n) is 2.73.